The van der Waals surface area contributed by atoms with E-state index < -0.39 is 0 Å². The fourth-order valence-electron chi connectivity index (χ4n) is 1.30. The van der Waals surface area contributed by atoms with Crippen molar-refractivity contribution in [1.82, 2.24) is 19.5 Å². The number of nitrogens with zero attached hydrogens (tertiary/aromatic N) is 4. The van der Waals surface area contributed by atoms with Crippen LogP contribution in [0.3, 0.4) is 0 Å². The lowest BCUT2D eigenvalue weighted by atomic mass is 10.5. The van der Waals surface area contributed by atoms with Crippen molar-refractivity contribution in [3.8, 4) is 0 Å². The Balaban J connectivity index is 2.24. The first-order valence-corrected chi connectivity index (χ1v) is 4.89. The molecule has 0 bridgehead atoms. The first-order chi connectivity index (χ1) is 7.85. The minimum atomic E-state index is 0.00335. The number of ether oxygens (including phenoxy) is 1. The molecule has 2 rings (SSSR count). The molecule has 16 heavy (non-hydrogen) atoms. The van der Waals surface area contributed by atoms with Crippen LogP contribution in [0, 0.1) is 0 Å². The maximum atomic E-state index is 8.60. The molecule has 0 fully saturated rings. The van der Waals surface area contributed by atoms with Crippen molar-refractivity contribution < 1.29 is 9.84 Å². The van der Waals surface area contributed by atoms with Crippen LogP contribution in [0.2, 0.25) is 0 Å². The molecule has 0 amide bonds. The first-order valence-electron chi connectivity index (χ1n) is 4.89. The average molecular weight is 223 g/mol. The van der Waals surface area contributed by atoms with Crippen LogP contribution in [0.15, 0.2) is 12.5 Å². The van der Waals surface area contributed by atoms with E-state index in [9.17, 15) is 0 Å². The first kappa shape index (κ1) is 10.8. The molecule has 2 N–H and O–H groups in total. The van der Waals surface area contributed by atoms with Crippen LogP contribution in [0.4, 0.5) is 5.95 Å². The van der Waals surface area contributed by atoms with Gasteiger partial charge in [-0.1, -0.05) is 0 Å². The highest BCUT2D eigenvalue weighted by Crippen LogP contribution is 2.10. The summed E-state index contributed by atoms with van der Waals surface area (Å²) < 4.78 is 6.96. The lowest BCUT2D eigenvalue weighted by Crippen LogP contribution is -2.06. The van der Waals surface area contributed by atoms with Gasteiger partial charge in [0.1, 0.15) is 12.2 Å². The van der Waals surface area contributed by atoms with E-state index >= 15 is 0 Å². The summed E-state index contributed by atoms with van der Waals surface area (Å²) in [6.45, 7) is 0.615. The molecule has 2 aromatic rings. The summed E-state index contributed by atoms with van der Waals surface area (Å²) >= 11 is 0. The van der Waals surface area contributed by atoms with E-state index in [0.29, 0.717) is 30.4 Å². The van der Waals surface area contributed by atoms with Gasteiger partial charge in [0.15, 0.2) is 5.65 Å². The molecule has 0 atom stereocenters. The third-order valence-electron chi connectivity index (χ3n) is 2.05. The number of rotatable bonds is 5. The van der Waals surface area contributed by atoms with Gasteiger partial charge in [0.25, 0.3) is 0 Å². The smallest absolute Gasteiger partial charge is 0.224 e. The number of aliphatic hydroxyl groups excluding tert-OH is 1. The number of aliphatic hydroxyl groups is 1. The van der Waals surface area contributed by atoms with E-state index in [1.165, 1.54) is 0 Å². The van der Waals surface area contributed by atoms with Crippen LogP contribution in [-0.4, -0.2) is 44.9 Å². The second-order valence-electron chi connectivity index (χ2n) is 3.13. The van der Waals surface area contributed by atoms with Gasteiger partial charge in [-0.25, -0.2) is 9.97 Å². The van der Waals surface area contributed by atoms with E-state index in [2.05, 4.69) is 20.3 Å². The van der Waals surface area contributed by atoms with Gasteiger partial charge in [-0.05, 0) is 0 Å². The van der Waals surface area contributed by atoms with Crippen molar-refractivity contribution in [2.75, 3.05) is 25.6 Å². The normalized spacial score (nSPS) is 10.9. The van der Waals surface area contributed by atoms with Gasteiger partial charge >= 0.3 is 0 Å². The number of aromatic nitrogens is 4. The summed E-state index contributed by atoms with van der Waals surface area (Å²) in [5, 5.41) is 11.5. The van der Waals surface area contributed by atoms with Gasteiger partial charge in [0.05, 0.1) is 25.7 Å². The molecule has 0 saturated carbocycles. The van der Waals surface area contributed by atoms with E-state index in [1.807, 2.05) is 0 Å². The van der Waals surface area contributed by atoms with Crippen molar-refractivity contribution in [1.29, 1.82) is 0 Å². The largest absolute Gasteiger partial charge is 0.394 e. The van der Waals surface area contributed by atoms with Gasteiger partial charge in [0.2, 0.25) is 5.95 Å². The highest BCUT2D eigenvalue weighted by Gasteiger charge is 2.05. The van der Waals surface area contributed by atoms with Crippen LogP contribution in [0.1, 0.15) is 0 Å². The van der Waals surface area contributed by atoms with Crippen molar-refractivity contribution in [3.05, 3.63) is 12.5 Å². The monoisotopic (exact) mass is 223 g/mol. The molecular formula is C9H13N5O2. The summed E-state index contributed by atoms with van der Waals surface area (Å²) in [6.07, 6.45) is 3.28. The molecule has 7 nitrogen and oxygen atoms in total. The molecule has 0 unspecified atom stereocenters. The number of fused-ring (bicyclic) bond motifs is 1. The molecule has 0 aliphatic heterocycles. The van der Waals surface area contributed by atoms with Gasteiger partial charge in [-0.2, -0.15) is 4.98 Å². The molecule has 2 heterocycles. The molecule has 0 aromatic carbocycles. The van der Waals surface area contributed by atoms with Gasteiger partial charge in [-0.3, -0.25) is 4.57 Å². The molecule has 0 saturated heterocycles. The quantitative estimate of drug-likeness (QED) is 0.685. The number of hydrogen-bond acceptors (Lipinski definition) is 6. The maximum Gasteiger partial charge on any atom is 0.224 e. The van der Waals surface area contributed by atoms with E-state index in [-0.39, 0.29) is 6.61 Å². The Hall–Kier alpha value is -1.73. The van der Waals surface area contributed by atoms with E-state index in [1.54, 1.807) is 24.1 Å². The summed E-state index contributed by atoms with van der Waals surface area (Å²) in [4.78, 5) is 12.5. The highest BCUT2D eigenvalue weighted by atomic mass is 16.5. The Morgan fingerprint density at radius 3 is 3.12 bits per heavy atom. The zero-order chi connectivity index (χ0) is 11.4. The Labute approximate surface area is 92.1 Å². The predicted molar refractivity (Wildman–Crippen MR) is 57.9 cm³/mol. The SMILES string of the molecule is CNc1ncc2ncn(COCCO)c2n1. The molecular weight excluding hydrogens is 210 g/mol. The Morgan fingerprint density at radius 2 is 2.38 bits per heavy atom. The van der Waals surface area contributed by atoms with E-state index in [0.717, 1.165) is 0 Å². The van der Waals surface area contributed by atoms with Crippen LogP contribution >= 0.6 is 0 Å². The van der Waals surface area contributed by atoms with Gasteiger partial charge < -0.3 is 15.2 Å². The molecule has 0 spiro atoms. The topological polar surface area (TPSA) is 85.1 Å². The summed E-state index contributed by atoms with van der Waals surface area (Å²) in [6, 6.07) is 0. The lowest BCUT2D eigenvalue weighted by molar-refractivity contribution is 0.0499. The van der Waals surface area contributed by atoms with Crippen molar-refractivity contribution in [2.45, 2.75) is 6.73 Å². The fourth-order valence-corrected chi connectivity index (χ4v) is 1.30. The number of hydrogen-bond donors (Lipinski definition) is 2. The molecule has 0 radical (unpaired) electrons. The zero-order valence-electron chi connectivity index (χ0n) is 8.92. The predicted octanol–water partition coefficient (Wildman–Crippen LogP) is -0.166. The van der Waals surface area contributed by atoms with Gasteiger partial charge in [-0.15, -0.1) is 0 Å². The lowest BCUT2D eigenvalue weighted by Gasteiger charge is -2.04. The standard InChI is InChI=1S/C9H13N5O2/c1-10-9-11-4-7-8(13-9)14(5-12-7)6-16-3-2-15/h4-5,15H,2-3,6H2,1H3,(H,10,11,13). The molecule has 0 aliphatic carbocycles. The Kier molecular flexibility index (Phi) is 3.28. The van der Waals surface area contributed by atoms with Crippen LogP contribution < -0.4 is 5.32 Å². The molecule has 7 heteroatoms. The summed E-state index contributed by atoms with van der Waals surface area (Å²) in [7, 11) is 1.75. The van der Waals surface area contributed by atoms with E-state index in [4.69, 9.17) is 9.84 Å². The second kappa shape index (κ2) is 4.86. The van der Waals surface area contributed by atoms with Crippen molar-refractivity contribution >= 4 is 17.1 Å². The summed E-state index contributed by atoms with van der Waals surface area (Å²) in [5.74, 6) is 0.538. The maximum absolute atomic E-state index is 8.60. The van der Waals surface area contributed by atoms with Crippen LogP contribution in [0.25, 0.3) is 11.2 Å². The molecule has 86 valence electrons. The Morgan fingerprint density at radius 1 is 1.50 bits per heavy atom. The minimum Gasteiger partial charge on any atom is -0.394 e. The van der Waals surface area contributed by atoms with Gasteiger partial charge in [0, 0.05) is 7.05 Å². The minimum absolute atomic E-state index is 0.00335. The second-order valence-corrected chi connectivity index (χ2v) is 3.13. The molecule has 0 aliphatic rings. The highest BCUT2D eigenvalue weighted by molar-refractivity contribution is 5.70. The Bertz CT molecular complexity index is 470. The summed E-state index contributed by atoms with van der Waals surface area (Å²) in [5.41, 5.74) is 1.42. The zero-order valence-corrected chi connectivity index (χ0v) is 8.92. The third kappa shape index (κ3) is 2.10. The van der Waals surface area contributed by atoms with Crippen LogP contribution in [-0.2, 0) is 11.5 Å². The third-order valence-corrected chi connectivity index (χ3v) is 2.05. The fraction of sp³-hybridized carbons (Fsp3) is 0.444. The van der Waals surface area contributed by atoms with Crippen molar-refractivity contribution in [3.63, 3.8) is 0 Å². The van der Waals surface area contributed by atoms with Crippen LogP contribution in [0.5, 0.6) is 0 Å². The number of imidazole rings is 1. The number of anilines is 1. The number of nitrogens with one attached hydrogen (secondary N) is 1. The van der Waals surface area contributed by atoms with Crippen molar-refractivity contribution in [2.24, 2.45) is 0 Å². The molecule has 2 aromatic heterocycles. The average Bonchev–Trinajstić information content (AvgIpc) is 2.72.